The molecule has 1 aliphatic heterocycles. The summed E-state index contributed by atoms with van der Waals surface area (Å²) in [6.45, 7) is 23.8. The highest BCUT2D eigenvalue weighted by Crippen LogP contribution is 2.45. The fourth-order valence-corrected chi connectivity index (χ4v) is 13.3. The van der Waals surface area contributed by atoms with Gasteiger partial charge in [-0.2, -0.15) is 26.6 Å². The third kappa shape index (κ3) is 12.3. The minimum Gasteiger partial charge on any atom is -0.445 e. The van der Waals surface area contributed by atoms with Crippen LogP contribution in [0.2, 0.25) is 36.3 Å². The first-order chi connectivity index (χ1) is 22.9. The molecule has 1 aliphatic rings. The molecule has 1 saturated heterocycles. The summed E-state index contributed by atoms with van der Waals surface area (Å²) < 4.78 is 96.9. The summed E-state index contributed by atoms with van der Waals surface area (Å²) in [6, 6.07) is 0. The summed E-state index contributed by atoms with van der Waals surface area (Å²) >= 11 is 0. The van der Waals surface area contributed by atoms with E-state index in [1.165, 1.54) is 0 Å². The van der Waals surface area contributed by atoms with E-state index in [4.69, 9.17) is 23.1 Å². The molecule has 9 nitrogen and oxygen atoms in total. The summed E-state index contributed by atoms with van der Waals surface area (Å²) in [5.41, 5.74) is -1.33. The zero-order valence-corrected chi connectivity index (χ0v) is 34.8. The van der Waals surface area contributed by atoms with Crippen molar-refractivity contribution in [2.45, 2.75) is 153 Å². The van der Waals surface area contributed by atoms with E-state index in [0.717, 1.165) is 11.8 Å². The molecule has 2 rings (SSSR count). The lowest BCUT2D eigenvalue weighted by molar-refractivity contribution is -0.181. The number of ether oxygens (including phenoxy) is 3. The molecule has 0 bridgehead atoms. The van der Waals surface area contributed by atoms with Gasteiger partial charge in [0.05, 0.1) is 36.4 Å². The van der Waals surface area contributed by atoms with Gasteiger partial charge in [-0.1, -0.05) is 85.0 Å². The first-order valence-corrected chi connectivity index (χ1v) is 24.2. The predicted octanol–water partition coefficient (Wildman–Crippen LogP) is 8.75. The summed E-state index contributed by atoms with van der Waals surface area (Å²) in [4.78, 5) is 3.88. The number of methoxy groups -OCH3 is 2. The highest BCUT2D eigenvalue weighted by atomic mass is 32.2. The van der Waals surface area contributed by atoms with Crippen LogP contribution in [0.15, 0.2) is 34.5 Å². The first-order valence-electron chi connectivity index (χ1n) is 17.1. The average Bonchev–Trinajstić information content (AvgIpc) is 3.39. The highest BCUT2D eigenvalue weighted by molar-refractivity contribution is 7.87. The van der Waals surface area contributed by atoms with Crippen LogP contribution in [0, 0.1) is 11.5 Å². The molecule has 50 heavy (non-hydrogen) atoms. The zero-order chi connectivity index (χ0) is 38.3. The molecule has 5 atom stereocenters. The Balaban J connectivity index is 2.52. The van der Waals surface area contributed by atoms with Gasteiger partial charge < -0.3 is 27.2 Å². The molecule has 15 heteroatoms. The first kappa shape index (κ1) is 44.2. The molecular formula is C35H58F3NO8SSi2. The van der Waals surface area contributed by atoms with Gasteiger partial charge >= 0.3 is 15.6 Å². The van der Waals surface area contributed by atoms with E-state index in [1.54, 1.807) is 14.2 Å². The van der Waals surface area contributed by atoms with Crippen molar-refractivity contribution in [3.8, 4) is 17.3 Å². The summed E-state index contributed by atoms with van der Waals surface area (Å²) in [6.07, 6.45) is 7.04. The van der Waals surface area contributed by atoms with Crippen molar-refractivity contribution < 1.29 is 48.8 Å². The number of hydrogen-bond donors (Lipinski definition) is 0. The Kier molecular flexibility index (Phi) is 15.7. The van der Waals surface area contributed by atoms with Crippen molar-refractivity contribution in [3.05, 3.63) is 36.0 Å². The lowest BCUT2D eigenvalue weighted by Gasteiger charge is -2.49. The Morgan fingerprint density at radius 3 is 2.22 bits per heavy atom. The fraction of sp³-hybridized carbons (Fsp3) is 0.743. The number of allylic oxidation sites excluding steroid dienone is 2. The Morgan fingerprint density at radius 2 is 1.72 bits per heavy atom. The maximum atomic E-state index is 12.9. The van der Waals surface area contributed by atoms with Crippen LogP contribution in [0.1, 0.15) is 80.5 Å². The van der Waals surface area contributed by atoms with Crippen molar-refractivity contribution >= 4 is 26.5 Å². The third-order valence-corrected chi connectivity index (χ3v) is 16.9. The number of halogens is 3. The Labute approximate surface area is 300 Å². The highest BCUT2D eigenvalue weighted by Gasteiger charge is 2.51. The van der Waals surface area contributed by atoms with Gasteiger partial charge in [-0.3, -0.25) is 0 Å². The third-order valence-electron chi connectivity index (χ3n) is 8.94. The molecule has 2 heterocycles. The molecule has 0 unspecified atom stereocenters. The molecule has 0 radical (unpaired) electrons. The Hall–Kier alpha value is -1.94. The van der Waals surface area contributed by atoms with Crippen molar-refractivity contribution in [2.75, 3.05) is 14.2 Å². The van der Waals surface area contributed by atoms with Gasteiger partial charge in [0.2, 0.25) is 8.32 Å². The van der Waals surface area contributed by atoms with Crippen LogP contribution in [0.3, 0.4) is 0 Å². The Bertz CT molecular complexity index is 1450. The lowest BCUT2D eigenvalue weighted by atomic mass is 9.86. The van der Waals surface area contributed by atoms with Gasteiger partial charge in [0.15, 0.2) is 12.2 Å². The molecule has 0 aliphatic carbocycles. The molecule has 0 amide bonds. The molecule has 0 N–H and O–H groups in total. The Morgan fingerprint density at radius 1 is 1.12 bits per heavy atom. The monoisotopic (exact) mass is 765 g/mol. The normalized spacial score (nSPS) is 22.7. The van der Waals surface area contributed by atoms with E-state index >= 15 is 0 Å². The van der Waals surface area contributed by atoms with E-state index in [2.05, 4.69) is 87.9 Å². The van der Waals surface area contributed by atoms with Crippen LogP contribution >= 0.6 is 0 Å². The molecule has 0 saturated carbocycles. The van der Waals surface area contributed by atoms with Gasteiger partial charge in [0.25, 0.3) is 5.88 Å². The standard InChI is InChI=1S/C35H58F3NO8SSi2/c1-24(2)50(25(3)4,26(5)6)47-31(19-27(7)16-17-28(42-9)15-14-18-49(11,12)13)30-20-29(43-10)21-34(8,45-30)22-32-39-33(23-44-32)46-48(40,41)35(36,37)38/h16-17,19,23-26,28-31H,15,20-22H2,1-13H3/b17-16+,27-19+/t28-,29-,30-,31+,34+/m1/s1. The SMILES string of the molecule is CO[C@@H]1C[C@H]([C@H](/C=C(C)/C=C/[C@@H](CC#C[Si](C)(C)C)OC)O[Si](C(C)C)(C(C)C)C(C)C)O[C@](C)(Cc2nc(OS(=O)(=O)C(F)(F)F)co2)C1. The second-order valence-corrected chi connectivity index (χ2v) is 27.0. The van der Waals surface area contributed by atoms with Crippen LogP contribution in [0.5, 0.6) is 5.88 Å². The number of oxazole rings is 1. The molecule has 0 aromatic carbocycles. The van der Waals surface area contributed by atoms with Gasteiger partial charge in [0.1, 0.15) is 8.07 Å². The molecule has 0 spiro atoms. The van der Waals surface area contributed by atoms with E-state index in [9.17, 15) is 21.6 Å². The summed E-state index contributed by atoms with van der Waals surface area (Å²) in [5, 5.41) is 0. The molecule has 286 valence electrons. The van der Waals surface area contributed by atoms with Gasteiger partial charge in [-0.15, -0.1) is 11.5 Å². The van der Waals surface area contributed by atoms with E-state index in [0.29, 0.717) is 35.9 Å². The number of rotatable bonds is 16. The van der Waals surface area contributed by atoms with Crippen LogP contribution in [-0.4, -0.2) is 79.5 Å². The second-order valence-electron chi connectivity index (χ2n) is 15.3. The van der Waals surface area contributed by atoms with Crippen molar-refractivity contribution in [1.82, 2.24) is 4.98 Å². The maximum absolute atomic E-state index is 12.9. The van der Waals surface area contributed by atoms with Gasteiger partial charge in [-0.05, 0) is 30.5 Å². The lowest BCUT2D eigenvalue weighted by Crippen LogP contribution is -2.56. The molecule has 1 aromatic rings. The summed E-state index contributed by atoms with van der Waals surface area (Å²) in [7, 11) is -6.56. The summed E-state index contributed by atoms with van der Waals surface area (Å²) in [5.74, 6) is 2.43. The van der Waals surface area contributed by atoms with Gasteiger partial charge in [0, 0.05) is 33.5 Å². The van der Waals surface area contributed by atoms with Crippen molar-refractivity contribution in [1.29, 1.82) is 0 Å². The molecule has 1 aromatic heterocycles. The maximum Gasteiger partial charge on any atom is 0.534 e. The smallest absolute Gasteiger partial charge is 0.445 e. The van der Waals surface area contributed by atoms with Crippen LogP contribution in [0.25, 0.3) is 0 Å². The molecular weight excluding hydrogens is 708 g/mol. The topological polar surface area (TPSA) is 106 Å². The van der Waals surface area contributed by atoms with Crippen molar-refractivity contribution in [2.24, 2.45) is 0 Å². The molecule has 1 fully saturated rings. The zero-order valence-electron chi connectivity index (χ0n) is 31.9. The minimum absolute atomic E-state index is 0.0171. The predicted molar refractivity (Wildman–Crippen MR) is 194 cm³/mol. The van der Waals surface area contributed by atoms with Crippen LogP contribution in [-0.2, 0) is 35.2 Å². The largest absolute Gasteiger partial charge is 0.534 e. The second kappa shape index (κ2) is 17.7. The van der Waals surface area contributed by atoms with E-state index in [1.807, 2.05) is 26.0 Å². The fourth-order valence-electron chi connectivity index (χ4n) is 6.76. The van der Waals surface area contributed by atoms with Crippen molar-refractivity contribution in [3.63, 3.8) is 0 Å². The van der Waals surface area contributed by atoms with E-state index in [-0.39, 0.29) is 24.5 Å². The number of aromatic nitrogens is 1. The van der Waals surface area contributed by atoms with E-state index < -0.39 is 55.7 Å². The number of alkyl halides is 3. The number of hydrogen-bond acceptors (Lipinski definition) is 9. The van der Waals surface area contributed by atoms with Crippen LogP contribution in [0.4, 0.5) is 13.2 Å². The average molecular weight is 766 g/mol. The quantitative estimate of drug-likeness (QED) is 0.0537. The minimum atomic E-state index is -5.90. The number of nitrogens with zero attached hydrogens (tertiary/aromatic N) is 1. The van der Waals surface area contributed by atoms with Gasteiger partial charge in [-0.25, -0.2) is 0 Å². The van der Waals surface area contributed by atoms with Crippen LogP contribution < -0.4 is 4.18 Å².